The lowest BCUT2D eigenvalue weighted by Gasteiger charge is -2.16. The molecule has 0 bridgehead atoms. The standard InChI is InChI=1S/C15H13ClF2O/c1-8-4-3-5-10(13(8)16)15(19)12-11(17)7-6-9(2)14(12)18/h3-7,15,19H,1-2H3. The fourth-order valence-corrected chi connectivity index (χ4v) is 2.20. The van der Waals surface area contributed by atoms with E-state index >= 15 is 0 Å². The van der Waals surface area contributed by atoms with Crippen LogP contribution in [0.15, 0.2) is 30.3 Å². The van der Waals surface area contributed by atoms with Crippen LogP contribution in [0.3, 0.4) is 0 Å². The lowest BCUT2D eigenvalue weighted by Crippen LogP contribution is -2.08. The fourth-order valence-electron chi connectivity index (χ4n) is 1.97. The summed E-state index contributed by atoms with van der Waals surface area (Å²) in [5.41, 5.74) is 0.948. The second-order valence-corrected chi connectivity index (χ2v) is 4.85. The molecule has 2 aromatic rings. The van der Waals surface area contributed by atoms with Crippen molar-refractivity contribution >= 4 is 11.6 Å². The molecule has 0 spiro atoms. The van der Waals surface area contributed by atoms with E-state index in [1.54, 1.807) is 25.1 Å². The molecule has 0 amide bonds. The first kappa shape index (κ1) is 14.0. The Hall–Kier alpha value is -1.45. The minimum Gasteiger partial charge on any atom is -0.383 e. The van der Waals surface area contributed by atoms with Gasteiger partial charge in [0.25, 0.3) is 0 Å². The summed E-state index contributed by atoms with van der Waals surface area (Å²) >= 11 is 6.08. The van der Waals surface area contributed by atoms with Crippen LogP contribution in [0, 0.1) is 25.5 Å². The molecular formula is C15H13ClF2O. The van der Waals surface area contributed by atoms with E-state index in [4.69, 9.17) is 11.6 Å². The Morgan fingerprint density at radius 2 is 1.74 bits per heavy atom. The summed E-state index contributed by atoms with van der Waals surface area (Å²) in [4.78, 5) is 0. The van der Waals surface area contributed by atoms with Crippen LogP contribution in [-0.2, 0) is 0 Å². The average Bonchev–Trinajstić information content (AvgIpc) is 2.37. The van der Waals surface area contributed by atoms with E-state index in [0.29, 0.717) is 10.6 Å². The molecule has 0 fully saturated rings. The van der Waals surface area contributed by atoms with E-state index in [9.17, 15) is 13.9 Å². The maximum atomic E-state index is 14.0. The van der Waals surface area contributed by atoms with Gasteiger partial charge in [-0.15, -0.1) is 0 Å². The number of rotatable bonds is 2. The molecule has 0 aliphatic heterocycles. The Balaban J connectivity index is 2.59. The number of halogens is 3. The highest BCUT2D eigenvalue weighted by Gasteiger charge is 2.23. The quantitative estimate of drug-likeness (QED) is 0.870. The van der Waals surface area contributed by atoms with Crippen molar-refractivity contribution < 1.29 is 13.9 Å². The van der Waals surface area contributed by atoms with Gasteiger partial charge >= 0.3 is 0 Å². The number of hydrogen-bond acceptors (Lipinski definition) is 1. The SMILES string of the molecule is Cc1ccc(F)c(C(O)c2cccc(C)c2Cl)c1F. The van der Waals surface area contributed by atoms with Crippen molar-refractivity contribution in [3.05, 3.63) is 69.2 Å². The van der Waals surface area contributed by atoms with Gasteiger partial charge in [-0.25, -0.2) is 8.78 Å². The molecule has 0 radical (unpaired) electrons. The molecule has 100 valence electrons. The molecule has 1 nitrogen and oxygen atoms in total. The Morgan fingerprint density at radius 3 is 2.42 bits per heavy atom. The summed E-state index contributed by atoms with van der Waals surface area (Å²) in [6.45, 7) is 3.28. The predicted octanol–water partition coefficient (Wildman–Crippen LogP) is 4.32. The highest BCUT2D eigenvalue weighted by molar-refractivity contribution is 6.32. The molecule has 0 aromatic heterocycles. The van der Waals surface area contributed by atoms with Crippen molar-refractivity contribution in [3.63, 3.8) is 0 Å². The van der Waals surface area contributed by atoms with Crippen LogP contribution in [0.5, 0.6) is 0 Å². The maximum absolute atomic E-state index is 14.0. The van der Waals surface area contributed by atoms with Crippen molar-refractivity contribution in [2.24, 2.45) is 0 Å². The minimum atomic E-state index is -1.42. The maximum Gasteiger partial charge on any atom is 0.135 e. The van der Waals surface area contributed by atoms with Gasteiger partial charge in [-0.05, 0) is 31.0 Å². The number of aliphatic hydroxyl groups is 1. The van der Waals surface area contributed by atoms with Gasteiger partial charge in [-0.3, -0.25) is 0 Å². The highest BCUT2D eigenvalue weighted by Crippen LogP contribution is 2.33. The van der Waals surface area contributed by atoms with Gasteiger partial charge in [0.1, 0.15) is 17.7 Å². The third-order valence-corrected chi connectivity index (χ3v) is 3.63. The zero-order valence-electron chi connectivity index (χ0n) is 10.5. The van der Waals surface area contributed by atoms with E-state index < -0.39 is 17.7 Å². The molecule has 1 unspecified atom stereocenters. The second-order valence-electron chi connectivity index (χ2n) is 4.47. The Bertz CT molecular complexity index is 626. The van der Waals surface area contributed by atoms with Gasteiger partial charge in [0, 0.05) is 10.6 Å². The van der Waals surface area contributed by atoms with Crippen LogP contribution in [-0.4, -0.2) is 5.11 Å². The Morgan fingerprint density at radius 1 is 1.05 bits per heavy atom. The smallest absolute Gasteiger partial charge is 0.135 e. The van der Waals surface area contributed by atoms with Gasteiger partial charge in [-0.2, -0.15) is 0 Å². The summed E-state index contributed by atoms with van der Waals surface area (Å²) in [6, 6.07) is 7.48. The van der Waals surface area contributed by atoms with Crippen LogP contribution in [0.25, 0.3) is 0 Å². The average molecular weight is 283 g/mol. The summed E-state index contributed by atoms with van der Waals surface area (Å²) in [5.74, 6) is -1.53. The van der Waals surface area contributed by atoms with Crippen LogP contribution in [0.2, 0.25) is 5.02 Å². The van der Waals surface area contributed by atoms with Gasteiger partial charge in [-0.1, -0.05) is 35.9 Å². The number of hydrogen-bond donors (Lipinski definition) is 1. The lowest BCUT2D eigenvalue weighted by molar-refractivity contribution is 0.209. The largest absolute Gasteiger partial charge is 0.383 e. The molecule has 19 heavy (non-hydrogen) atoms. The monoisotopic (exact) mass is 282 g/mol. The molecule has 0 saturated carbocycles. The predicted molar refractivity (Wildman–Crippen MR) is 71.3 cm³/mol. The van der Waals surface area contributed by atoms with Gasteiger partial charge in [0.15, 0.2) is 0 Å². The minimum absolute atomic E-state index is 0.277. The van der Waals surface area contributed by atoms with E-state index in [2.05, 4.69) is 0 Å². The topological polar surface area (TPSA) is 20.2 Å². The zero-order valence-corrected chi connectivity index (χ0v) is 11.3. The first-order valence-corrected chi connectivity index (χ1v) is 6.19. The van der Waals surface area contributed by atoms with Gasteiger partial charge in [0.2, 0.25) is 0 Å². The lowest BCUT2D eigenvalue weighted by atomic mass is 9.97. The number of aryl methyl sites for hydroxylation is 2. The molecule has 1 N–H and O–H groups in total. The molecule has 0 saturated heterocycles. The first-order valence-electron chi connectivity index (χ1n) is 5.81. The van der Waals surface area contributed by atoms with Gasteiger partial charge in [0.05, 0.1) is 5.56 Å². The molecule has 4 heteroatoms. The van der Waals surface area contributed by atoms with E-state index in [-0.39, 0.29) is 11.1 Å². The molecular weight excluding hydrogens is 270 g/mol. The first-order chi connectivity index (χ1) is 8.93. The molecule has 0 aliphatic carbocycles. The van der Waals surface area contributed by atoms with Crippen molar-refractivity contribution in [2.45, 2.75) is 20.0 Å². The van der Waals surface area contributed by atoms with Crippen molar-refractivity contribution in [2.75, 3.05) is 0 Å². The zero-order chi connectivity index (χ0) is 14.2. The summed E-state index contributed by atoms with van der Waals surface area (Å²) in [7, 11) is 0. The number of aliphatic hydroxyl groups excluding tert-OH is 1. The van der Waals surface area contributed by atoms with Crippen LogP contribution >= 0.6 is 11.6 Å². The van der Waals surface area contributed by atoms with Crippen molar-refractivity contribution in [3.8, 4) is 0 Å². The number of benzene rings is 2. The molecule has 1 atom stereocenters. The fraction of sp³-hybridized carbons (Fsp3) is 0.200. The second kappa shape index (κ2) is 5.27. The Kier molecular flexibility index (Phi) is 3.88. The molecule has 2 rings (SSSR count). The summed E-state index contributed by atoms with van der Waals surface area (Å²) in [6.07, 6.45) is -1.42. The summed E-state index contributed by atoms with van der Waals surface area (Å²) < 4.78 is 27.7. The Labute approximate surface area is 115 Å². The highest BCUT2D eigenvalue weighted by atomic mass is 35.5. The normalized spacial score (nSPS) is 12.5. The molecule has 0 aliphatic rings. The van der Waals surface area contributed by atoms with E-state index in [0.717, 1.165) is 11.6 Å². The van der Waals surface area contributed by atoms with Crippen LogP contribution < -0.4 is 0 Å². The molecule has 2 aromatic carbocycles. The van der Waals surface area contributed by atoms with Crippen molar-refractivity contribution in [1.29, 1.82) is 0 Å². The van der Waals surface area contributed by atoms with E-state index in [1.165, 1.54) is 13.0 Å². The third kappa shape index (κ3) is 2.48. The van der Waals surface area contributed by atoms with Crippen LogP contribution in [0.4, 0.5) is 8.78 Å². The molecule has 0 heterocycles. The van der Waals surface area contributed by atoms with Crippen LogP contribution in [0.1, 0.15) is 28.4 Å². The van der Waals surface area contributed by atoms with Gasteiger partial charge < -0.3 is 5.11 Å². The third-order valence-electron chi connectivity index (χ3n) is 3.11. The van der Waals surface area contributed by atoms with E-state index in [1.807, 2.05) is 0 Å². The summed E-state index contributed by atoms with van der Waals surface area (Å²) in [5, 5.41) is 10.5. The van der Waals surface area contributed by atoms with Crippen molar-refractivity contribution in [1.82, 2.24) is 0 Å².